The topological polar surface area (TPSA) is 54.7 Å². The highest BCUT2D eigenvalue weighted by Crippen LogP contribution is 2.26. The molecule has 0 saturated carbocycles. The molecule has 0 radical (unpaired) electrons. The summed E-state index contributed by atoms with van der Waals surface area (Å²) < 4.78 is 11.1. The molecule has 6 heteroatoms. The van der Waals surface area contributed by atoms with Crippen LogP contribution in [0.25, 0.3) is 0 Å². The second-order valence-corrected chi connectivity index (χ2v) is 6.34. The number of benzene rings is 1. The van der Waals surface area contributed by atoms with Crippen molar-refractivity contribution in [2.45, 2.75) is 26.0 Å². The number of hydrogen-bond donors (Lipinski definition) is 1. The van der Waals surface area contributed by atoms with Gasteiger partial charge < -0.3 is 14.5 Å². The third kappa shape index (κ3) is 4.76. The van der Waals surface area contributed by atoms with Crippen LogP contribution in [0.4, 0.5) is 0 Å². The van der Waals surface area contributed by atoms with Crippen molar-refractivity contribution in [2.24, 2.45) is 0 Å². The molecular formula is C18H23ClN2O3. The molecule has 2 rings (SSSR count). The van der Waals surface area contributed by atoms with E-state index in [2.05, 4.69) is 5.32 Å². The molecule has 0 aliphatic rings. The van der Waals surface area contributed by atoms with Crippen LogP contribution in [0.2, 0.25) is 5.02 Å². The molecule has 130 valence electrons. The number of hydrogen-bond acceptors (Lipinski definition) is 4. The number of aryl methyl sites for hydroxylation is 1. The van der Waals surface area contributed by atoms with Gasteiger partial charge in [0.1, 0.15) is 11.5 Å². The number of furan rings is 1. The number of carbonyl (C=O) groups is 1. The van der Waals surface area contributed by atoms with E-state index in [0.29, 0.717) is 17.3 Å². The third-order valence-corrected chi connectivity index (χ3v) is 4.04. The van der Waals surface area contributed by atoms with Crippen LogP contribution in [0.3, 0.4) is 0 Å². The highest BCUT2D eigenvalue weighted by molar-refractivity contribution is 6.32. The van der Waals surface area contributed by atoms with E-state index >= 15 is 0 Å². The molecule has 0 aliphatic carbocycles. The maximum absolute atomic E-state index is 12.3. The summed E-state index contributed by atoms with van der Waals surface area (Å²) in [5.74, 6) is 1.11. The Kier molecular flexibility index (Phi) is 6.29. The Bertz CT molecular complexity index is 671. The summed E-state index contributed by atoms with van der Waals surface area (Å²) in [7, 11) is 3.87. The number of carbonyl (C=O) groups excluding carboxylic acids is 1. The first-order valence-corrected chi connectivity index (χ1v) is 8.16. The number of halogens is 1. The lowest BCUT2D eigenvalue weighted by Gasteiger charge is -2.23. The Morgan fingerprint density at radius 2 is 2.12 bits per heavy atom. The zero-order chi connectivity index (χ0) is 17.7. The molecule has 1 heterocycles. The fraction of sp³-hybridized carbons (Fsp3) is 0.389. The van der Waals surface area contributed by atoms with Crippen molar-refractivity contribution in [3.8, 4) is 5.75 Å². The standard InChI is InChI=1S/C18H23ClN2O3/c1-12-7-8-14(19)17(10-12)24-13(2)18(22)20-11-15(21(3)4)16-6-5-9-23-16/h5-10,13,15H,11H2,1-4H3,(H,20,22). The molecule has 1 aromatic carbocycles. The van der Waals surface area contributed by atoms with E-state index in [-0.39, 0.29) is 11.9 Å². The quantitative estimate of drug-likeness (QED) is 0.831. The maximum atomic E-state index is 12.3. The summed E-state index contributed by atoms with van der Waals surface area (Å²) in [6.07, 6.45) is 0.975. The molecule has 1 N–H and O–H groups in total. The first-order chi connectivity index (χ1) is 11.4. The van der Waals surface area contributed by atoms with Gasteiger partial charge in [-0.05, 0) is 57.8 Å². The van der Waals surface area contributed by atoms with Gasteiger partial charge in [-0.2, -0.15) is 0 Å². The van der Waals surface area contributed by atoms with E-state index in [0.717, 1.165) is 11.3 Å². The van der Waals surface area contributed by atoms with Crippen LogP contribution in [0.1, 0.15) is 24.3 Å². The van der Waals surface area contributed by atoms with Gasteiger partial charge in [-0.3, -0.25) is 9.69 Å². The predicted molar refractivity (Wildman–Crippen MR) is 94.4 cm³/mol. The second kappa shape index (κ2) is 8.22. The molecule has 0 fully saturated rings. The van der Waals surface area contributed by atoms with E-state index in [9.17, 15) is 4.79 Å². The molecule has 0 spiro atoms. The molecule has 2 atom stereocenters. The Hall–Kier alpha value is -1.98. The van der Waals surface area contributed by atoms with Gasteiger partial charge in [-0.15, -0.1) is 0 Å². The number of amides is 1. The summed E-state index contributed by atoms with van der Waals surface area (Å²) in [5, 5.41) is 3.39. The van der Waals surface area contributed by atoms with Crippen molar-refractivity contribution in [3.63, 3.8) is 0 Å². The maximum Gasteiger partial charge on any atom is 0.260 e. The zero-order valence-electron chi connectivity index (χ0n) is 14.4. The molecule has 0 saturated heterocycles. The van der Waals surface area contributed by atoms with Gasteiger partial charge in [0, 0.05) is 6.54 Å². The Labute approximate surface area is 147 Å². The SMILES string of the molecule is Cc1ccc(Cl)c(OC(C)C(=O)NCC(c2ccco2)N(C)C)c1. The largest absolute Gasteiger partial charge is 0.479 e. The van der Waals surface area contributed by atoms with E-state index in [1.807, 2.05) is 50.2 Å². The van der Waals surface area contributed by atoms with Gasteiger partial charge in [0.05, 0.1) is 17.3 Å². The molecular weight excluding hydrogens is 328 g/mol. The van der Waals surface area contributed by atoms with Crippen molar-refractivity contribution < 1.29 is 13.9 Å². The molecule has 1 amide bonds. The highest BCUT2D eigenvalue weighted by atomic mass is 35.5. The van der Waals surface area contributed by atoms with Crippen LogP contribution < -0.4 is 10.1 Å². The van der Waals surface area contributed by atoms with Crippen LogP contribution in [-0.2, 0) is 4.79 Å². The fourth-order valence-electron chi connectivity index (χ4n) is 2.30. The molecule has 0 aliphatic heterocycles. The fourth-order valence-corrected chi connectivity index (χ4v) is 2.47. The number of nitrogens with zero attached hydrogens (tertiary/aromatic N) is 1. The van der Waals surface area contributed by atoms with Crippen molar-refractivity contribution in [1.82, 2.24) is 10.2 Å². The van der Waals surface area contributed by atoms with Crippen LogP contribution in [0, 0.1) is 6.92 Å². The minimum Gasteiger partial charge on any atom is -0.479 e. The number of ether oxygens (including phenoxy) is 1. The lowest BCUT2D eigenvalue weighted by atomic mass is 10.2. The van der Waals surface area contributed by atoms with E-state index in [1.165, 1.54) is 0 Å². The van der Waals surface area contributed by atoms with Gasteiger partial charge in [0.2, 0.25) is 0 Å². The van der Waals surface area contributed by atoms with Crippen molar-refractivity contribution in [2.75, 3.05) is 20.6 Å². The summed E-state index contributed by atoms with van der Waals surface area (Å²) in [5.41, 5.74) is 1.02. The van der Waals surface area contributed by atoms with Gasteiger partial charge in [-0.25, -0.2) is 0 Å². The van der Waals surface area contributed by atoms with Gasteiger partial charge >= 0.3 is 0 Å². The van der Waals surface area contributed by atoms with Crippen LogP contribution in [-0.4, -0.2) is 37.6 Å². The molecule has 2 aromatic rings. The summed E-state index contributed by atoms with van der Waals surface area (Å²) in [6.45, 7) is 4.07. The average molecular weight is 351 g/mol. The van der Waals surface area contributed by atoms with E-state index < -0.39 is 6.10 Å². The summed E-state index contributed by atoms with van der Waals surface area (Å²) >= 11 is 6.11. The average Bonchev–Trinajstić information content (AvgIpc) is 3.04. The molecule has 24 heavy (non-hydrogen) atoms. The first kappa shape index (κ1) is 18.4. The summed E-state index contributed by atoms with van der Waals surface area (Å²) in [6, 6.07) is 9.15. The zero-order valence-corrected chi connectivity index (χ0v) is 15.1. The van der Waals surface area contributed by atoms with Crippen LogP contribution in [0.15, 0.2) is 41.0 Å². The predicted octanol–water partition coefficient (Wildman–Crippen LogP) is 3.43. The summed E-state index contributed by atoms with van der Waals surface area (Å²) in [4.78, 5) is 14.3. The minimum absolute atomic E-state index is 0.0429. The van der Waals surface area contributed by atoms with Gasteiger partial charge in [0.15, 0.2) is 6.10 Å². The Morgan fingerprint density at radius 1 is 1.38 bits per heavy atom. The van der Waals surface area contributed by atoms with Crippen LogP contribution >= 0.6 is 11.6 Å². The van der Waals surface area contributed by atoms with E-state index in [4.69, 9.17) is 20.8 Å². The van der Waals surface area contributed by atoms with Gasteiger partial charge in [0.25, 0.3) is 5.91 Å². The van der Waals surface area contributed by atoms with Crippen molar-refractivity contribution in [1.29, 1.82) is 0 Å². The number of rotatable bonds is 7. The molecule has 0 bridgehead atoms. The van der Waals surface area contributed by atoms with E-state index in [1.54, 1.807) is 19.3 Å². The molecule has 2 unspecified atom stereocenters. The Balaban J connectivity index is 1.94. The minimum atomic E-state index is -0.649. The van der Waals surface area contributed by atoms with Crippen LogP contribution in [0.5, 0.6) is 5.75 Å². The van der Waals surface area contributed by atoms with Crippen molar-refractivity contribution >= 4 is 17.5 Å². The monoisotopic (exact) mass is 350 g/mol. The lowest BCUT2D eigenvalue weighted by molar-refractivity contribution is -0.127. The first-order valence-electron chi connectivity index (χ1n) is 7.79. The second-order valence-electron chi connectivity index (χ2n) is 5.93. The lowest BCUT2D eigenvalue weighted by Crippen LogP contribution is -2.40. The third-order valence-electron chi connectivity index (χ3n) is 3.72. The number of nitrogens with one attached hydrogen (secondary N) is 1. The normalized spacial score (nSPS) is 13.6. The number of likely N-dealkylation sites (N-methyl/N-ethyl adjacent to an activating group) is 1. The molecule has 1 aromatic heterocycles. The molecule has 5 nitrogen and oxygen atoms in total. The smallest absolute Gasteiger partial charge is 0.260 e. The van der Waals surface area contributed by atoms with Gasteiger partial charge in [-0.1, -0.05) is 17.7 Å². The van der Waals surface area contributed by atoms with Crippen molar-refractivity contribution in [3.05, 3.63) is 52.9 Å². The Morgan fingerprint density at radius 3 is 2.75 bits per heavy atom. The highest BCUT2D eigenvalue weighted by Gasteiger charge is 2.21.